The van der Waals surface area contributed by atoms with Crippen molar-refractivity contribution in [2.45, 2.75) is 19.1 Å². The van der Waals surface area contributed by atoms with Crippen molar-refractivity contribution in [3.8, 4) is 11.5 Å². The van der Waals surface area contributed by atoms with Crippen molar-refractivity contribution >= 4 is 34.6 Å². The highest BCUT2D eigenvalue weighted by Crippen LogP contribution is 2.40. The summed E-state index contributed by atoms with van der Waals surface area (Å²) in [5.41, 5.74) is 3.94. The van der Waals surface area contributed by atoms with Gasteiger partial charge in [-0.15, -0.1) is 0 Å². The second-order valence-electron chi connectivity index (χ2n) is 11.4. The summed E-state index contributed by atoms with van der Waals surface area (Å²) in [5.74, 6) is 1.82. The summed E-state index contributed by atoms with van der Waals surface area (Å²) in [6.07, 6.45) is 3.50. The standard InChI is InChI=1S/C35H38FN7O4/c1-4-35(44)40-28-19-29(32(45-3)20-31(28)42-15-13-41(2)14-16-42)39-33-21-34(38-23-37-33)43-30(12-17-47-43)25-8-10-27(11-9-25)46-22-24-6-5-7-26(36)18-24/h4-11,18-21,23,30H,1,12-17,22H2,2-3H3,(H,40,44)(H,37,38,39)/t30-/m1/s1. The van der Waals surface area contributed by atoms with Gasteiger partial charge >= 0.3 is 0 Å². The van der Waals surface area contributed by atoms with E-state index in [4.69, 9.17) is 14.3 Å². The van der Waals surface area contributed by atoms with Gasteiger partial charge in [0.15, 0.2) is 5.82 Å². The molecular weight excluding hydrogens is 601 g/mol. The number of aromatic nitrogens is 2. The zero-order chi connectivity index (χ0) is 32.8. The average Bonchev–Trinajstić information content (AvgIpc) is 3.59. The van der Waals surface area contributed by atoms with Gasteiger partial charge in [0.1, 0.15) is 36.1 Å². The summed E-state index contributed by atoms with van der Waals surface area (Å²) < 4.78 is 25.2. The average molecular weight is 640 g/mol. The number of piperazine rings is 1. The van der Waals surface area contributed by atoms with Gasteiger partial charge in [0.2, 0.25) is 5.91 Å². The second-order valence-corrected chi connectivity index (χ2v) is 11.4. The van der Waals surface area contributed by atoms with E-state index in [1.807, 2.05) is 48.5 Å². The molecule has 3 aromatic carbocycles. The number of nitrogens with zero attached hydrogens (tertiary/aromatic N) is 5. The molecule has 0 aliphatic carbocycles. The first kappa shape index (κ1) is 31.8. The van der Waals surface area contributed by atoms with Gasteiger partial charge in [-0.1, -0.05) is 30.8 Å². The van der Waals surface area contributed by atoms with Gasteiger partial charge in [0, 0.05) is 44.7 Å². The Kier molecular flexibility index (Phi) is 9.79. The number of methoxy groups -OCH3 is 1. The predicted octanol–water partition coefficient (Wildman–Crippen LogP) is 5.71. The van der Waals surface area contributed by atoms with E-state index in [0.717, 1.165) is 49.4 Å². The van der Waals surface area contributed by atoms with Crippen LogP contribution < -0.4 is 30.1 Å². The summed E-state index contributed by atoms with van der Waals surface area (Å²) in [6, 6.07) is 19.7. The van der Waals surface area contributed by atoms with Crippen LogP contribution >= 0.6 is 0 Å². The molecule has 1 aromatic heterocycles. The lowest BCUT2D eigenvalue weighted by Crippen LogP contribution is -2.44. The molecule has 2 N–H and O–H groups in total. The molecule has 3 heterocycles. The van der Waals surface area contributed by atoms with Crippen molar-refractivity contribution in [2.24, 2.45) is 0 Å². The first-order valence-electron chi connectivity index (χ1n) is 15.5. The molecule has 0 saturated carbocycles. The van der Waals surface area contributed by atoms with Crippen molar-refractivity contribution in [3.05, 3.63) is 103 Å². The van der Waals surface area contributed by atoms with E-state index < -0.39 is 0 Å². The molecule has 11 nitrogen and oxygen atoms in total. The summed E-state index contributed by atoms with van der Waals surface area (Å²) in [6.45, 7) is 7.88. The van der Waals surface area contributed by atoms with Crippen LogP contribution in [0.5, 0.6) is 11.5 Å². The number of benzene rings is 3. The fourth-order valence-electron chi connectivity index (χ4n) is 5.68. The van der Waals surface area contributed by atoms with Gasteiger partial charge < -0.3 is 29.9 Å². The Morgan fingerprint density at radius 3 is 2.62 bits per heavy atom. The highest BCUT2D eigenvalue weighted by Gasteiger charge is 2.29. The minimum absolute atomic E-state index is 0.0758. The molecule has 12 heteroatoms. The zero-order valence-electron chi connectivity index (χ0n) is 26.5. The number of nitrogens with one attached hydrogen (secondary N) is 2. The lowest BCUT2D eigenvalue weighted by atomic mass is 10.0. The van der Waals surface area contributed by atoms with Gasteiger partial charge in [-0.2, -0.15) is 0 Å². The van der Waals surface area contributed by atoms with Crippen LogP contribution in [-0.2, 0) is 16.2 Å². The van der Waals surface area contributed by atoms with Crippen LogP contribution in [0.2, 0.25) is 0 Å². The number of ether oxygens (including phenoxy) is 2. The van der Waals surface area contributed by atoms with Gasteiger partial charge in [0.05, 0.1) is 36.8 Å². The molecule has 47 heavy (non-hydrogen) atoms. The topological polar surface area (TPSA) is 104 Å². The number of halogens is 1. The zero-order valence-corrected chi connectivity index (χ0v) is 26.5. The molecule has 0 radical (unpaired) electrons. The van der Waals surface area contributed by atoms with Gasteiger partial charge in [-0.25, -0.2) is 19.4 Å². The Morgan fingerprint density at radius 2 is 1.87 bits per heavy atom. The van der Waals surface area contributed by atoms with E-state index in [9.17, 15) is 9.18 Å². The maximum Gasteiger partial charge on any atom is 0.247 e. The van der Waals surface area contributed by atoms with E-state index in [1.165, 1.54) is 24.5 Å². The Balaban J connectivity index is 1.19. The molecule has 1 atom stereocenters. The van der Waals surface area contributed by atoms with Gasteiger partial charge in [-0.05, 0) is 54.6 Å². The smallest absolute Gasteiger partial charge is 0.247 e. The van der Waals surface area contributed by atoms with Crippen molar-refractivity contribution in [1.29, 1.82) is 0 Å². The van der Waals surface area contributed by atoms with E-state index in [-0.39, 0.29) is 24.4 Å². The molecule has 0 unspecified atom stereocenters. The minimum atomic E-state index is -0.302. The van der Waals surface area contributed by atoms with Crippen LogP contribution in [0.4, 0.5) is 33.1 Å². The fraction of sp³-hybridized carbons (Fsp3) is 0.286. The third-order valence-corrected chi connectivity index (χ3v) is 8.21. The number of amides is 1. The third-order valence-electron chi connectivity index (χ3n) is 8.21. The molecule has 0 spiro atoms. The van der Waals surface area contributed by atoms with E-state index >= 15 is 0 Å². The highest BCUT2D eigenvalue weighted by atomic mass is 19.1. The van der Waals surface area contributed by atoms with Crippen molar-refractivity contribution in [3.63, 3.8) is 0 Å². The number of anilines is 5. The minimum Gasteiger partial charge on any atom is -0.494 e. The summed E-state index contributed by atoms with van der Waals surface area (Å²) in [7, 11) is 3.71. The van der Waals surface area contributed by atoms with E-state index in [2.05, 4.69) is 44.0 Å². The molecule has 0 bridgehead atoms. The molecular formula is C35H38FN7O4. The number of carbonyl (C=O) groups is 1. The quantitative estimate of drug-likeness (QED) is 0.199. The van der Waals surface area contributed by atoms with Crippen LogP contribution in [0, 0.1) is 5.82 Å². The number of hydrogen-bond acceptors (Lipinski definition) is 10. The summed E-state index contributed by atoms with van der Waals surface area (Å²) >= 11 is 0. The van der Waals surface area contributed by atoms with E-state index in [0.29, 0.717) is 41.1 Å². The summed E-state index contributed by atoms with van der Waals surface area (Å²) in [4.78, 5) is 31.9. The van der Waals surface area contributed by atoms with Crippen LogP contribution in [0.1, 0.15) is 23.6 Å². The first-order valence-corrected chi connectivity index (χ1v) is 15.5. The SMILES string of the molecule is C=CC(=O)Nc1cc(Nc2cc(N3OCC[C@@H]3c3ccc(OCc4cccc(F)c4)cc3)ncn2)c(OC)cc1N1CCN(C)CC1. The lowest BCUT2D eigenvalue weighted by Gasteiger charge is -2.35. The largest absolute Gasteiger partial charge is 0.494 e. The highest BCUT2D eigenvalue weighted by molar-refractivity contribution is 6.02. The Labute approximate surface area is 273 Å². The molecule has 6 rings (SSSR count). The summed E-state index contributed by atoms with van der Waals surface area (Å²) in [5, 5.41) is 8.09. The Hall–Kier alpha value is -5.20. The maximum atomic E-state index is 13.5. The number of hydroxylamine groups is 1. The lowest BCUT2D eigenvalue weighted by molar-refractivity contribution is -0.111. The molecule has 2 aliphatic rings. The maximum absolute atomic E-state index is 13.5. The van der Waals surface area contributed by atoms with Crippen molar-refractivity contribution in [1.82, 2.24) is 14.9 Å². The fourth-order valence-corrected chi connectivity index (χ4v) is 5.68. The second kappa shape index (κ2) is 14.5. The third kappa shape index (κ3) is 7.62. The van der Waals surface area contributed by atoms with Crippen LogP contribution in [0.25, 0.3) is 0 Å². The van der Waals surface area contributed by atoms with Gasteiger partial charge in [-0.3, -0.25) is 9.63 Å². The normalized spacial score (nSPS) is 16.5. The Morgan fingerprint density at radius 1 is 1.06 bits per heavy atom. The van der Waals surface area contributed by atoms with Crippen LogP contribution in [-0.4, -0.2) is 67.7 Å². The number of likely N-dealkylation sites (N-methyl/N-ethyl adjacent to an activating group) is 1. The molecule has 2 aliphatic heterocycles. The Bertz CT molecular complexity index is 1710. The predicted molar refractivity (Wildman–Crippen MR) is 180 cm³/mol. The number of hydrogen-bond donors (Lipinski definition) is 2. The van der Waals surface area contributed by atoms with E-state index in [1.54, 1.807) is 18.2 Å². The molecule has 2 fully saturated rings. The van der Waals surface area contributed by atoms with Crippen molar-refractivity contribution < 1.29 is 23.5 Å². The molecule has 2 saturated heterocycles. The number of rotatable bonds is 11. The molecule has 4 aromatic rings. The molecule has 244 valence electrons. The van der Waals surface area contributed by atoms with Crippen LogP contribution in [0.15, 0.2) is 85.7 Å². The van der Waals surface area contributed by atoms with Gasteiger partial charge in [0.25, 0.3) is 0 Å². The number of carbonyl (C=O) groups excluding carboxylic acids is 1. The van der Waals surface area contributed by atoms with Crippen LogP contribution in [0.3, 0.4) is 0 Å². The molecule has 1 amide bonds. The van der Waals surface area contributed by atoms with Crippen molar-refractivity contribution in [2.75, 3.05) is 67.5 Å². The first-order chi connectivity index (χ1) is 22.9. The monoisotopic (exact) mass is 639 g/mol.